The number of carboxylic acids is 4. The number of ether oxygens (including phenoxy) is 1. The summed E-state index contributed by atoms with van der Waals surface area (Å²) in [6.45, 7) is 0.876. The van der Waals surface area contributed by atoms with Crippen molar-refractivity contribution in [2.45, 2.75) is 216 Å². The quantitative estimate of drug-likeness (QED) is 0.00507. The van der Waals surface area contributed by atoms with Gasteiger partial charge in [-0.1, -0.05) is 101 Å². The number of H-pyrrole nitrogens is 1. The molecule has 125 heavy (non-hydrogen) atoms. The summed E-state index contributed by atoms with van der Waals surface area (Å²) < 4.78 is 5.72. The van der Waals surface area contributed by atoms with E-state index in [0.29, 0.717) is 29.3 Å². The van der Waals surface area contributed by atoms with Gasteiger partial charge in [-0.3, -0.25) is 101 Å². The molecule has 1 aromatic heterocycles. The van der Waals surface area contributed by atoms with Crippen LogP contribution in [0.5, 0.6) is 0 Å². The normalized spacial score (nSPS) is 20.4. The van der Waals surface area contributed by atoms with Crippen molar-refractivity contribution in [3.05, 3.63) is 106 Å². The maximum atomic E-state index is 15.0. The van der Waals surface area contributed by atoms with E-state index in [-0.39, 0.29) is 54.9 Å². The summed E-state index contributed by atoms with van der Waals surface area (Å²) in [5.41, 5.74) is 12.3. The van der Waals surface area contributed by atoms with Gasteiger partial charge in [0.05, 0.1) is 56.7 Å². The molecule has 2 heterocycles. The summed E-state index contributed by atoms with van der Waals surface area (Å²) in [6, 6.07) is -5.54. The second-order valence-corrected chi connectivity index (χ2v) is 29.5. The lowest BCUT2D eigenvalue weighted by Crippen LogP contribution is -2.62. The van der Waals surface area contributed by atoms with Crippen molar-refractivity contribution in [2.75, 3.05) is 32.0 Å². The van der Waals surface area contributed by atoms with Crippen molar-refractivity contribution in [3.8, 4) is 0 Å². The lowest BCUT2D eigenvalue weighted by Gasteiger charge is -2.30. The Bertz CT molecular complexity index is 4600. The van der Waals surface area contributed by atoms with Crippen molar-refractivity contribution >= 4 is 141 Å². The van der Waals surface area contributed by atoms with Crippen LogP contribution in [0.1, 0.15) is 152 Å². The summed E-state index contributed by atoms with van der Waals surface area (Å²) >= 11 is 0. The topological polar surface area (TPSA) is 731 Å². The Morgan fingerprint density at radius 2 is 1.11 bits per heavy atom. The number of carbonyl (C=O) groups excluding carboxylic acids is 16. The number of rotatable bonds is 39. The van der Waals surface area contributed by atoms with Crippen LogP contribution < -0.4 is 85.9 Å². The number of anilines is 1. The van der Waals surface area contributed by atoms with Gasteiger partial charge in [0.2, 0.25) is 82.7 Å². The number of aliphatic hydroxyl groups is 1. The number of amides is 14. The molecule has 0 saturated carbocycles. The van der Waals surface area contributed by atoms with Gasteiger partial charge in [0, 0.05) is 65.8 Å². The van der Waals surface area contributed by atoms with Gasteiger partial charge >= 0.3 is 29.8 Å². The number of cyclic esters (lactones) is 1. The fourth-order valence-corrected chi connectivity index (χ4v) is 12.9. The van der Waals surface area contributed by atoms with Crippen LogP contribution in [0.25, 0.3) is 10.9 Å². The third-order valence-corrected chi connectivity index (χ3v) is 19.5. The molecule has 13 atom stereocenters. The Kier molecular flexibility index (Phi) is 41.4. The predicted octanol–water partition coefficient (Wildman–Crippen LogP) is -3.88. The zero-order valence-corrected chi connectivity index (χ0v) is 68.8. The number of Topliss-reactive ketones (excluding diaryl/α,β-unsaturated/α-hetero) is 1. The molecule has 5 rings (SSSR count). The number of benzene rings is 3. The highest BCUT2D eigenvalue weighted by molar-refractivity contribution is 6.05. The molecule has 1 aliphatic rings. The molecule has 13 unspecified atom stereocenters. The largest absolute Gasteiger partial charge is 0.481 e. The lowest BCUT2D eigenvalue weighted by molar-refractivity contribution is -0.385. The van der Waals surface area contributed by atoms with E-state index in [1.165, 1.54) is 48.5 Å². The van der Waals surface area contributed by atoms with E-state index in [9.17, 15) is 132 Å². The zero-order chi connectivity index (χ0) is 92.7. The molecule has 24 N–H and O–H groups in total. The number of nitro benzene ring substituents is 1. The van der Waals surface area contributed by atoms with Crippen molar-refractivity contribution in [3.63, 3.8) is 0 Å². The molecule has 46 nitrogen and oxygen atoms in total. The van der Waals surface area contributed by atoms with Gasteiger partial charge in [-0.2, -0.15) is 0 Å². The van der Waals surface area contributed by atoms with Crippen LogP contribution in [0.2, 0.25) is 0 Å². The number of ketones is 1. The van der Waals surface area contributed by atoms with Gasteiger partial charge < -0.3 is 121 Å². The number of primary amides is 1. The summed E-state index contributed by atoms with van der Waals surface area (Å²) in [6.07, 6.45) is -2.84. The van der Waals surface area contributed by atoms with Crippen molar-refractivity contribution < 1.29 is 131 Å². The standard InChI is InChI=1S/C79H106N18O28/c1-5-6-7-8-9-10-11-26-60(101)88-50(29-44-36-83-48-23-16-14-20-45(44)48)73(116)91-51(31-59(81)100)74(117)93-54(34-66(110)111)75(118)96-68-42(4)125-79(122)55(30-58(99)46-21-13-15-22-47(46)80)94-78(121)67(40(2)28-63(104)105)95-76(119)56(39-98)89-62(103)37-84-70(113)52(32-64(106)107)90-69(112)41(3)86-72(115)53(33-65(108)109)92-71(114)49(87-61(102)38-85-77(68)120)24-18-27-82-35-43-19-12-17-25-57(43)97(123)124/h12-17,19-23,25,36,40-42,49-56,67-68,82-83,98H,5-11,18,24,26-35,37-39,80H2,1-4H3,(H2,81,100)(H,84,113)(H,85,120)(H,86,115)(H,87,102)(H,88,101)(H,89,103)(H,90,112)(H,91,116)(H,92,114)(H,93,117)(H,94,121)(H,95,119)(H,96,118)(H,104,105)(H,106,107)(H,108,109)(H,110,111). The second-order valence-electron chi connectivity index (χ2n) is 29.5. The Morgan fingerprint density at radius 3 is 1.74 bits per heavy atom. The van der Waals surface area contributed by atoms with Crippen LogP contribution in [0, 0.1) is 16.0 Å². The van der Waals surface area contributed by atoms with E-state index < -0.39 is 266 Å². The van der Waals surface area contributed by atoms with Crippen LogP contribution in [-0.4, -0.2) is 253 Å². The number of aliphatic carboxylic acids is 4. The number of unbranched alkanes of at least 4 members (excludes halogenated alkanes) is 6. The molecule has 3 aromatic carbocycles. The Morgan fingerprint density at radius 1 is 0.560 bits per heavy atom. The summed E-state index contributed by atoms with van der Waals surface area (Å²) in [5, 5.41) is 93.9. The number of nitrogens with two attached hydrogens (primary N) is 2. The number of hydrogen-bond donors (Lipinski definition) is 22. The third-order valence-electron chi connectivity index (χ3n) is 19.5. The van der Waals surface area contributed by atoms with Crippen molar-refractivity contribution in [1.29, 1.82) is 0 Å². The monoisotopic (exact) mass is 1750 g/mol. The number of nitrogen functional groups attached to an aromatic ring is 1. The average Bonchev–Trinajstić information content (AvgIpc) is 1.69. The highest BCUT2D eigenvalue weighted by atomic mass is 16.6. The highest BCUT2D eigenvalue weighted by Crippen LogP contribution is 2.23. The number of nitrogens with one attached hydrogen (secondary N) is 15. The molecule has 0 bridgehead atoms. The smallest absolute Gasteiger partial charge is 0.329 e. The van der Waals surface area contributed by atoms with E-state index in [0.717, 1.165) is 52.9 Å². The Hall–Kier alpha value is -14.1. The Balaban J connectivity index is 1.64. The fraction of sp³-hybridized carbons (Fsp3) is 0.494. The molecule has 0 aliphatic carbocycles. The molecular formula is C79H106N18O28. The van der Waals surface area contributed by atoms with E-state index in [2.05, 4.69) is 70.4 Å². The van der Waals surface area contributed by atoms with E-state index >= 15 is 0 Å². The molecule has 0 spiro atoms. The number of aromatic amines is 1. The van der Waals surface area contributed by atoms with Crippen LogP contribution in [0.4, 0.5) is 11.4 Å². The van der Waals surface area contributed by atoms with Gasteiger partial charge in [0.25, 0.3) is 5.69 Å². The molecule has 0 radical (unpaired) electrons. The van der Waals surface area contributed by atoms with Gasteiger partial charge in [0.15, 0.2) is 5.78 Å². The number of nitrogens with zero attached hydrogens (tertiary/aromatic N) is 1. The van der Waals surface area contributed by atoms with Crippen LogP contribution in [0.15, 0.2) is 79.0 Å². The summed E-state index contributed by atoms with van der Waals surface area (Å²) in [4.78, 5) is 290. The van der Waals surface area contributed by atoms with Gasteiger partial charge in [-0.05, 0) is 69.3 Å². The molecule has 1 fully saturated rings. The third kappa shape index (κ3) is 34.4. The van der Waals surface area contributed by atoms with Crippen LogP contribution in [0.3, 0.4) is 0 Å². The molecule has 1 saturated heterocycles. The molecular weight excluding hydrogens is 1650 g/mol. The number of aliphatic hydroxyl groups excluding tert-OH is 1. The molecule has 14 amide bonds. The van der Waals surface area contributed by atoms with Crippen LogP contribution in [-0.2, 0) is 109 Å². The number of aromatic nitrogens is 1. The van der Waals surface area contributed by atoms with E-state index in [1.54, 1.807) is 30.5 Å². The minimum atomic E-state index is -2.50. The number of carboxylic acid groups (broad SMARTS) is 4. The summed E-state index contributed by atoms with van der Waals surface area (Å²) in [7, 11) is 0. The van der Waals surface area contributed by atoms with Crippen LogP contribution >= 0.6 is 0 Å². The van der Waals surface area contributed by atoms with E-state index in [1.807, 2.05) is 16.0 Å². The average molecular weight is 1760 g/mol. The zero-order valence-electron chi connectivity index (χ0n) is 68.8. The first-order chi connectivity index (χ1) is 59.2. The molecule has 680 valence electrons. The van der Waals surface area contributed by atoms with Gasteiger partial charge in [-0.25, -0.2) is 4.79 Å². The fourth-order valence-electron chi connectivity index (χ4n) is 12.9. The number of hydrogen-bond acceptors (Lipinski definition) is 26. The van der Waals surface area contributed by atoms with Gasteiger partial charge in [-0.15, -0.1) is 0 Å². The first-order valence-corrected chi connectivity index (χ1v) is 39.9. The summed E-state index contributed by atoms with van der Waals surface area (Å²) in [5.74, 6) is -30.3. The first kappa shape index (κ1) is 101. The highest BCUT2D eigenvalue weighted by Gasteiger charge is 2.41. The number of carbonyl (C=O) groups is 20. The molecule has 4 aromatic rings. The van der Waals surface area contributed by atoms with Gasteiger partial charge in [0.1, 0.15) is 72.6 Å². The maximum absolute atomic E-state index is 15.0. The van der Waals surface area contributed by atoms with Crippen molar-refractivity contribution in [2.24, 2.45) is 11.7 Å². The Labute approximate surface area is 713 Å². The molecule has 46 heteroatoms. The SMILES string of the molecule is CCCCCCCCCC(=O)NC(Cc1c[nH]c2ccccc12)C(=O)NC(CC(N)=O)C(=O)NC(CC(=O)O)C(=O)NC1C(=O)NCC(=O)NC(CCCNCc2ccccc2[N+](=O)[O-])C(=O)NC(CC(=O)O)C(=O)NC(C)C(=O)NC(CC(=O)O)C(=O)NCC(=O)NC(CO)C(=O)NC(C(C)CC(=O)O)C(=O)NC(CC(=O)c2ccccc2N)C(=O)OC1C. The second kappa shape index (κ2) is 51.0. The number of nitro groups is 1. The first-order valence-electron chi connectivity index (χ1n) is 39.9. The lowest BCUT2D eigenvalue weighted by atomic mass is 9.96. The number of para-hydroxylation sites is 3. The minimum Gasteiger partial charge on any atom is -0.481 e. The minimum absolute atomic E-state index is 0.0337. The maximum Gasteiger partial charge on any atom is 0.329 e. The number of esters is 1. The number of fused-ring (bicyclic) bond motifs is 1. The van der Waals surface area contributed by atoms with Crippen molar-refractivity contribution in [1.82, 2.24) is 79.4 Å². The molecule has 1 aliphatic heterocycles. The van der Waals surface area contributed by atoms with E-state index in [4.69, 9.17) is 16.2 Å². The predicted molar refractivity (Wildman–Crippen MR) is 436 cm³/mol.